The molecule has 6 N–H and O–H groups in total. The number of nitrogens with two attached hydrogens (primary N) is 1. The summed E-state index contributed by atoms with van der Waals surface area (Å²) >= 11 is 0. The van der Waals surface area contributed by atoms with E-state index in [9.17, 15) is 28.0 Å². The highest BCUT2D eigenvalue weighted by atomic mass is 32.2. The van der Waals surface area contributed by atoms with E-state index in [1.165, 1.54) is 61.6 Å². The summed E-state index contributed by atoms with van der Waals surface area (Å²) in [4.78, 5) is 44.5. The maximum absolute atomic E-state index is 14.4. The molecule has 0 radical (unpaired) electrons. The van der Waals surface area contributed by atoms with Crippen molar-refractivity contribution in [3.8, 4) is 0 Å². The Labute approximate surface area is 288 Å². The first-order valence-corrected chi connectivity index (χ1v) is 18.3. The number of hydrogen-bond acceptors (Lipinski definition) is 9. The molecule has 13 nitrogen and oxygen atoms in total. The van der Waals surface area contributed by atoms with E-state index in [0.29, 0.717) is 18.8 Å². The molecule has 2 amide bonds. The van der Waals surface area contributed by atoms with E-state index in [1.54, 1.807) is 17.6 Å². The van der Waals surface area contributed by atoms with Crippen molar-refractivity contribution in [2.24, 2.45) is 23.1 Å². The van der Waals surface area contributed by atoms with Crippen LogP contribution in [-0.2, 0) is 30.9 Å². The van der Waals surface area contributed by atoms with Crippen molar-refractivity contribution in [1.82, 2.24) is 25.7 Å². The van der Waals surface area contributed by atoms with Crippen molar-refractivity contribution in [3.05, 3.63) is 78.4 Å². The van der Waals surface area contributed by atoms with Crippen molar-refractivity contribution in [3.63, 3.8) is 0 Å². The minimum Gasteiger partial charge on any atom is -0.296 e. The van der Waals surface area contributed by atoms with E-state index in [4.69, 9.17) is 10.4 Å². The fraction of sp³-hybridized carbons (Fsp3) is 0.514. The Hall–Kier alpha value is -3.98. The van der Waals surface area contributed by atoms with Gasteiger partial charge in [-0.25, -0.2) is 21.0 Å². The average molecular weight is 699 g/mol. The van der Waals surface area contributed by atoms with Crippen LogP contribution in [0.5, 0.6) is 0 Å². The van der Waals surface area contributed by atoms with Crippen LogP contribution in [0, 0.1) is 24.2 Å². The van der Waals surface area contributed by atoms with E-state index in [1.807, 2.05) is 44.2 Å². The molecule has 3 aromatic rings. The van der Waals surface area contributed by atoms with Gasteiger partial charge in [-0.05, 0) is 56.2 Å². The third-order valence-corrected chi connectivity index (χ3v) is 10.2. The molecule has 49 heavy (non-hydrogen) atoms. The summed E-state index contributed by atoms with van der Waals surface area (Å²) in [5.74, 6) is 4.15. The molecular weight excluding hydrogens is 648 g/mol. The highest BCUT2D eigenvalue weighted by Gasteiger charge is 2.49. The molecule has 2 aromatic carbocycles. The van der Waals surface area contributed by atoms with Gasteiger partial charge in [0.15, 0.2) is 5.78 Å². The average Bonchev–Trinajstić information content (AvgIpc) is 3.64. The highest BCUT2D eigenvalue weighted by molar-refractivity contribution is 7.85. The zero-order valence-corrected chi connectivity index (χ0v) is 29.1. The fourth-order valence-corrected chi connectivity index (χ4v) is 7.18. The zero-order valence-electron chi connectivity index (χ0n) is 28.3. The van der Waals surface area contributed by atoms with E-state index in [0.717, 1.165) is 24.0 Å². The number of aryl methyl sites for hydroxylation is 1. The van der Waals surface area contributed by atoms with Crippen LogP contribution in [0.2, 0.25) is 0 Å². The Morgan fingerprint density at radius 1 is 1.06 bits per heavy atom. The molecule has 1 saturated carbocycles. The SMILES string of the molecule is CCCC(Cc1ccccc1)(C(=O)NN)C(=O)[C@@H](C[C@H](CCCC1CCCCC1)C(=O)NO)n1cncn1.Cc1ccc(S(=O)(=O)O)cc1. The summed E-state index contributed by atoms with van der Waals surface area (Å²) in [6.45, 7) is 3.75. The summed E-state index contributed by atoms with van der Waals surface area (Å²) in [6, 6.07) is 14.4. The summed E-state index contributed by atoms with van der Waals surface area (Å²) in [6.07, 6.45) is 12.4. The number of hydrazine groups is 1. The molecule has 14 heteroatoms. The smallest absolute Gasteiger partial charge is 0.294 e. The Bertz CT molecular complexity index is 1560. The molecule has 0 saturated heterocycles. The molecule has 0 bridgehead atoms. The second-order valence-electron chi connectivity index (χ2n) is 12.9. The number of aromatic nitrogens is 3. The van der Waals surface area contributed by atoms with Gasteiger partial charge in [0.2, 0.25) is 11.8 Å². The number of amides is 2. The molecule has 1 heterocycles. The van der Waals surface area contributed by atoms with E-state index in [-0.39, 0.29) is 29.9 Å². The molecule has 268 valence electrons. The number of rotatable bonds is 16. The Kier molecular flexibility index (Phi) is 15.5. The van der Waals surface area contributed by atoms with Gasteiger partial charge in [-0.15, -0.1) is 0 Å². The lowest BCUT2D eigenvalue weighted by Gasteiger charge is -2.34. The van der Waals surface area contributed by atoms with Crippen LogP contribution in [0.3, 0.4) is 0 Å². The van der Waals surface area contributed by atoms with Gasteiger partial charge < -0.3 is 0 Å². The quantitative estimate of drug-likeness (QED) is 0.0341. The van der Waals surface area contributed by atoms with Crippen LogP contribution in [0.1, 0.15) is 94.7 Å². The molecule has 0 spiro atoms. The van der Waals surface area contributed by atoms with Crippen LogP contribution in [-0.4, -0.2) is 50.5 Å². The number of nitrogens with zero attached hydrogens (tertiary/aromatic N) is 3. The number of hydrogen-bond donors (Lipinski definition) is 5. The Morgan fingerprint density at radius 2 is 1.73 bits per heavy atom. The van der Waals surface area contributed by atoms with Gasteiger partial charge in [0, 0.05) is 5.92 Å². The minimum atomic E-state index is -4.02. The summed E-state index contributed by atoms with van der Waals surface area (Å²) < 4.78 is 31.0. The van der Waals surface area contributed by atoms with Crippen LogP contribution < -0.4 is 16.7 Å². The largest absolute Gasteiger partial charge is 0.296 e. The topological polar surface area (TPSA) is 207 Å². The maximum atomic E-state index is 14.4. The Morgan fingerprint density at radius 3 is 2.29 bits per heavy atom. The number of benzene rings is 2. The monoisotopic (exact) mass is 698 g/mol. The third kappa shape index (κ3) is 11.6. The molecule has 1 aliphatic rings. The second-order valence-corrected chi connectivity index (χ2v) is 14.3. The Balaban J connectivity index is 0.000000501. The maximum Gasteiger partial charge on any atom is 0.294 e. The van der Waals surface area contributed by atoms with E-state index < -0.39 is 39.3 Å². The van der Waals surface area contributed by atoms with Gasteiger partial charge in [-0.2, -0.15) is 13.5 Å². The number of Topliss-reactive ketones (excluding diaryl/α,β-unsaturated/α-hetero) is 1. The molecule has 1 aliphatic carbocycles. The highest BCUT2D eigenvalue weighted by Crippen LogP contribution is 2.38. The van der Waals surface area contributed by atoms with Crippen LogP contribution in [0.4, 0.5) is 0 Å². The molecule has 4 rings (SSSR count). The zero-order chi connectivity index (χ0) is 35.9. The molecule has 1 aromatic heterocycles. The van der Waals surface area contributed by atoms with Gasteiger partial charge in [-0.3, -0.25) is 29.6 Å². The van der Waals surface area contributed by atoms with Crippen molar-refractivity contribution in [1.29, 1.82) is 0 Å². The fourth-order valence-electron chi connectivity index (χ4n) is 6.70. The molecular formula is C35H50N6O7S. The van der Waals surface area contributed by atoms with Gasteiger partial charge in [0.25, 0.3) is 10.1 Å². The summed E-state index contributed by atoms with van der Waals surface area (Å²) in [5.41, 5.74) is 4.33. The van der Waals surface area contributed by atoms with E-state index in [2.05, 4.69) is 15.5 Å². The second kappa shape index (κ2) is 19.3. The predicted octanol–water partition coefficient (Wildman–Crippen LogP) is 4.91. The number of ketones is 1. The number of carbonyl (C=O) groups is 3. The molecule has 3 atom stereocenters. The van der Waals surface area contributed by atoms with Crippen LogP contribution >= 0.6 is 0 Å². The van der Waals surface area contributed by atoms with Crippen LogP contribution in [0.15, 0.2) is 72.1 Å². The summed E-state index contributed by atoms with van der Waals surface area (Å²) in [7, 11) is -4.02. The number of nitrogens with one attached hydrogen (secondary N) is 2. The van der Waals surface area contributed by atoms with Crippen LogP contribution in [0.25, 0.3) is 0 Å². The third-order valence-electron chi connectivity index (χ3n) is 9.32. The standard InChI is InChI=1S/C28H42N6O4.C7H8O3S/c1-2-16-28(27(37)32-29,18-22-12-7-4-8-13-22)25(35)24(34-20-30-19-31-34)17-23(26(36)33-38)15-9-14-21-10-5-3-6-11-21;1-6-2-4-7(5-3-6)11(8,9)10/h4,7-8,12-13,19-21,23-24,38H,2-3,5-6,9-11,14-18,29H2,1H3,(H,32,37)(H,33,36);2-5H,1H3,(H,8,9,10)/t23-,24+,28?;/m0./s1. The number of hydroxylamine groups is 1. The van der Waals surface area contributed by atoms with E-state index >= 15 is 0 Å². The lowest BCUT2D eigenvalue weighted by Crippen LogP contribution is -2.53. The van der Waals surface area contributed by atoms with Gasteiger partial charge >= 0.3 is 0 Å². The normalized spacial score (nSPS) is 15.9. The van der Waals surface area contributed by atoms with Crippen molar-refractivity contribution in [2.45, 2.75) is 102 Å². The first kappa shape index (κ1) is 39.5. The van der Waals surface area contributed by atoms with Gasteiger partial charge in [-0.1, -0.05) is 106 Å². The van der Waals surface area contributed by atoms with Crippen molar-refractivity contribution in [2.75, 3.05) is 0 Å². The lowest BCUT2D eigenvalue weighted by molar-refractivity contribution is -0.146. The molecule has 0 aliphatic heterocycles. The van der Waals surface area contributed by atoms with Gasteiger partial charge in [0.05, 0.1) is 4.90 Å². The minimum absolute atomic E-state index is 0.0666. The van der Waals surface area contributed by atoms with Gasteiger partial charge in [0.1, 0.15) is 24.1 Å². The molecule has 1 unspecified atom stereocenters. The first-order valence-electron chi connectivity index (χ1n) is 16.9. The number of carbonyl (C=O) groups excluding carboxylic acids is 3. The van der Waals surface area contributed by atoms with Crippen molar-refractivity contribution >= 4 is 27.7 Å². The lowest BCUT2D eigenvalue weighted by atomic mass is 9.70. The summed E-state index contributed by atoms with van der Waals surface area (Å²) in [5, 5.41) is 13.7. The first-order chi connectivity index (χ1) is 23.4. The predicted molar refractivity (Wildman–Crippen MR) is 183 cm³/mol. The van der Waals surface area contributed by atoms with Crippen molar-refractivity contribution < 1.29 is 32.6 Å². The molecule has 1 fully saturated rings.